The zero-order chi connectivity index (χ0) is 13.4. The number of benzene rings is 2. The topological polar surface area (TPSA) is 29.5 Å². The highest BCUT2D eigenvalue weighted by molar-refractivity contribution is 5.42. The van der Waals surface area contributed by atoms with E-state index in [2.05, 4.69) is 0 Å². The van der Waals surface area contributed by atoms with Gasteiger partial charge in [-0.05, 0) is 41.5 Å². The molecule has 0 bridgehead atoms. The number of aliphatic hydroxyl groups is 1. The van der Waals surface area contributed by atoms with Gasteiger partial charge in [0.1, 0.15) is 23.5 Å². The van der Waals surface area contributed by atoms with E-state index in [0.717, 1.165) is 35.9 Å². The number of aliphatic hydroxyl groups excluding tert-OH is 1. The smallest absolute Gasteiger partial charge is 0.129 e. The van der Waals surface area contributed by atoms with E-state index in [-0.39, 0.29) is 5.56 Å². The molecular weight excluding hydrogens is 250 g/mol. The highest BCUT2D eigenvalue weighted by Gasteiger charge is 2.19. The highest BCUT2D eigenvalue weighted by atomic mass is 19.1. The predicted molar refractivity (Wildman–Crippen MR) is 66.1 cm³/mol. The van der Waals surface area contributed by atoms with E-state index in [4.69, 9.17) is 4.74 Å². The molecule has 0 spiro atoms. The Kier molecular flexibility index (Phi) is 2.95. The fourth-order valence-electron chi connectivity index (χ4n) is 2.28. The number of fused-ring (bicyclic) bond motifs is 1. The number of hydrogen-bond donors (Lipinski definition) is 1. The van der Waals surface area contributed by atoms with Crippen molar-refractivity contribution in [1.29, 1.82) is 0 Å². The van der Waals surface area contributed by atoms with Gasteiger partial charge in [-0.1, -0.05) is 6.07 Å². The van der Waals surface area contributed by atoms with Crippen molar-refractivity contribution in [3.05, 3.63) is 64.7 Å². The molecule has 3 rings (SSSR count). The normalized spacial score (nSPS) is 14.9. The first-order valence-electron chi connectivity index (χ1n) is 6.04. The summed E-state index contributed by atoms with van der Waals surface area (Å²) < 4.78 is 32.1. The first-order valence-corrected chi connectivity index (χ1v) is 6.04. The van der Waals surface area contributed by atoms with E-state index in [0.29, 0.717) is 12.2 Å². The van der Waals surface area contributed by atoms with Crippen LogP contribution in [0.5, 0.6) is 5.75 Å². The molecule has 4 heteroatoms. The van der Waals surface area contributed by atoms with Gasteiger partial charge < -0.3 is 9.84 Å². The maximum atomic E-state index is 13.6. The Labute approximate surface area is 109 Å². The summed E-state index contributed by atoms with van der Waals surface area (Å²) >= 11 is 0. The van der Waals surface area contributed by atoms with Gasteiger partial charge in [0.05, 0.1) is 6.61 Å². The van der Waals surface area contributed by atoms with Crippen molar-refractivity contribution in [2.45, 2.75) is 12.5 Å². The van der Waals surface area contributed by atoms with Crippen LogP contribution in [0.3, 0.4) is 0 Å². The molecule has 98 valence electrons. The average molecular weight is 262 g/mol. The van der Waals surface area contributed by atoms with Gasteiger partial charge >= 0.3 is 0 Å². The molecule has 0 saturated heterocycles. The minimum absolute atomic E-state index is 0.0566. The summed E-state index contributed by atoms with van der Waals surface area (Å²) in [7, 11) is 0. The van der Waals surface area contributed by atoms with Gasteiger partial charge in [-0.3, -0.25) is 0 Å². The molecule has 1 unspecified atom stereocenters. The first-order chi connectivity index (χ1) is 9.15. The largest absolute Gasteiger partial charge is 0.493 e. The molecule has 1 atom stereocenters. The van der Waals surface area contributed by atoms with E-state index in [1.807, 2.05) is 0 Å². The minimum atomic E-state index is -1.18. The van der Waals surface area contributed by atoms with Crippen molar-refractivity contribution in [2.24, 2.45) is 0 Å². The lowest BCUT2D eigenvalue weighted by Gasteiger charge is -2.13. The van der Waals surface area contributed by atoms with E-state index < -0.39 is 17.7 Å². The predicted octanol–water partition coefficient (Wildman–Crippen LogP) is 2.98. The van der Waals surface area contributed by atoms with Crippen LogP contribution >= 0.6 is 0 Å². The Morgan fingerprint density at radius 2 is 1.95 bits per heavy atom. The van der Waals surface area contributed by atoms with Crippen molar-refractivity contribution >= 4 is 0 Å². The lowest BCUT2D eigenvalue weighted by molar-refractivity contribution is 0.214. The second-order valence-corrected chi connectivity index (χ2v) is 4.53. The maximum Gasteiger partial charge on any atom is 0.129 e. The minimum Gasteiger partial charge on any atom is -0.493 e. The third kappa shape index (κ3) is 2.19. The number of rotatable bonds is 2. The fourth-order valence-corrected chi connectivity index (χ4v) is 2.28. The molecule has 1 heterocycles. The van der Waals surface area contributed by atoms with Gasteiger partial charge in [-0.2, -0.15) is 0 Å². The second kappa shape index (κ2) is 4.63. The van der Waals surface area contributed by atoms with Crippen LogP contribution in [-0.2, 0) is 6.42 Å². The van der Waals surface area contributed by atoms with Crippen molar-refractivity contribution in [3.8, 4) is 5.75 Å². The fraction of sp³-hybridized carbons (Fsp3) is 0.200. The van der Waals surface area contributed by atoms with E-state index in [9.17, 15) is 13.9 Å². The molecule has 1 N–H and O–H groups in total. The molecule has 2 nitrogen and oxygen atoms in total. The number of hydrogen-bond acceptors (Lipinski definition) is 2. The van der Waals surface area contributed by atoms with Crippen LogP contribution in [0.2, 0.25) is 0 Å². The molecule has 0 amide bonds. The van der Waals surface area contributed by atoms with Crippen molar-refractivity contribution in [1.82, 2.24) is 0 Å². The summed E-state index contributed by atoms with van der Waals surface area (Å²) in [6.45, 7) is 0.614. The van der Waals surface area contributed by atoms with Crippen LogP contribution in [-0.4, -0.2) is 11.7 Å². The van der Waals surface area contributed by atoms with Crippen LogP contribution < -0.4 is 4.74 Å². The van der Waals surface area contributed by atoms with Crippen molar-refractivity contribution in [2.75, 3.05) is 6.61 Å². The van der Waals surface area contributed by atoms with Gasteiger partial charge in [0.2, 0.25) is 0 Å². The summed E-state index contributed by atoms with van der Waals surface area (Å²) in [5.74, 6) is -0.402. The average Bonchev–Trinajstić information content (AvgIpc) is 2.88. The summed E-state index contributed by atoms with van der Waals surface area (Å²) in [5, 5.41) is 10.2. The maximum absolute atomic E-state index is 13.6. The monoisotopic (exact) mass is 262 g/mol. The van der Waals surface area contributed by atoms with Crippen molar-refractivity contribution < 1.29 is 18.6 Å². The number of halogens is 2. The molecule has 2 aromatic rings. The molecule has 1 aliphatic heterocycles. The molecule has 0 radical (unpaired) electrons. The zero-order valence-corrected chi connectivity index (χ0v) is 10.1. The van der Waals surface area contributed by atoms with Gasteiger partial charge in [0.15, 0.2) is 0 Å². The molecule has 19 heavy (non-hydrogen) atoms. The zero-order valence-electron chi connectivity index (χ0n) is 10.1. The second-order valence-electron chi connectivity index (χ2n) is 4.53. The van der Waals surface area contributed by atoms with Crippen molar-refractivity contribution in [3.63, 3.8) is 0 Å². The molecule has 0 aliphatic carbocycles. The molecule has 0 fully saturated rings. The Balaban J connectivity index is 1.99. The van der Waals surface area contributed by atoms with Crippen LogP contribution in [0.1, 0.15) is 22.8 Å². The Hall–Kier alpha value is -1.94. The first kappa shape index (κ1) is 12.1. The molecule has 1 aliphatic rings. The van der Waals surface area contributed by atoms with Gasteiger partial charge in [0.25, 0.3) is 0 Å². The Bertz CT molecular complexity index is 626. The standard InChI is InChI=1S/C15H12F2O2/c16-11-2-3-13(17)12(8-11)15(18)10-1-4-14-9(7-10)5-6-19-14/h1-4,7-8,15,18H,5-6H2. The Morgan fingerprint density at radius 1 is 1.11 bits per heavy atom. The summed E-state index contributed by atoms with van der Waals surface area (Å²) in [6.07, 6.45) is -0.414. The van der Waals surface area contributed by atoms with Gasteiger partial charge in [-0.25, -0.2) is 8.78 Å². The van der Waals surface area contributed by atoms with Crippen LogP contribution in [0.15, 0.2) is 36.4 Å². The highest BCUT2D eigenvalue weighted by Crippen LogP contribution is 2.31. The molecular formula is C15H12F2O2. The SMILES string of the molecule is OC(c1ccc2c(c1)CCO2)c1cc(F)ccc1F. The van der Waals surface area contributed by atoms with E-state index >= 15 is 0 Å². The van der Waals surface area contributed by atoms with Gasteiger partial charge in [0, 0.05) is 12.0 Å². The third-order valence-electron chi connectivity index (χ3n) is 3.28. The van der Waals surface area contributed by atoms with E-state index in [1.165, 1.54) is 0 Å². The lowest BCUT2D eigenvalue weighted by atomic mass is 9.98. The molecule has 0 aromatic heterocycles. The summed E-state index contributed by atoms with van der Waals surface area (Å²) in [4.78, 5) is 0. The van der Waals surface area contributed by atoms with Gasteiger partial charge in [-0.15, -0.1) is 0 Å². The quantitative estimate of drug-likeness (QED) is 0.901. The lowest BCUT2D eigenvalue weighted by Crippen LogP contribution is -2.03. The Morgan fingerprint density at radius 3 is 2.79 bits per heavy atom. The molecule has 2 aromatic carbocycles. The summed E-state index contributed by atoms with van der Waals surface area (Å²) in [5.41, 5.74) is 1.46. The third-order valence-corrected chi connectivity index (χ3v) is 3.28. The number of ether oxygens (including phenoxy) is 1. The van der Waals surface area contributed by atoms with Crippen LogP contribution in [0.4, 0.5) is 8.78 Å². The van der Waals surface area contributed by atoms with Crippen LogP contribution in [0.25, 0.3) is 0 Å². The van der Waals surface area contributed by atoms with Crippen LogP contribution in [0, 0.1) is 11.6 Å². The van der Waals surface area contributed by atoms with E-state index in [1.54, 1.807) is 18.2 Å². The molecule has 0 saturated carbocycles. The summed E-state index contributed by atoms with van der Waals surface area (Å²) in [6, 6.07) is 8.25.